The van der Waals surface area contributed by atoms with Gasteiger partial charge < -0.3 is 9.73 Å². The molecule has 0 spiro atoms. The molecule has 0 amide bonds. The average molecular weight is 277 g/mol. The van der Waals surface area contributed by atoms with Crippen molar-refractivity contribution in [3.63, 3.8) is 0 Å². The highest BCUT2D eigenvalue weighted by molar-refractivity contribution is 5.82. The van der Waals surface area contributed by atoms with Gasteiger partial charge in [-0.2, -0.15) is 5.10 Å². The molecule has 2 N–H and O–H groups in total. The minimum Gasteiger partial charge on any atom is -0.423 e. The summed E-state index contributed by atoms with van der Waals surface area (Å²) in [6.45, 7) is 0. The van der Waals surface area contributed by atoms with E-state index in [1.165, 1.54) is 0 Å². The van der Waals surface area contributed by atoms with Crippen molar-refractivity contribution in [3.8, 4) is 11.3 Å². The van der Waals surface area contributed by atoms with Gasteiger partial charge in [-0.05, 0) is 30.3 Å². The summed E-state index contributed by atoms with van der Waals surface area (Å²) in [7, 11) is 0. The largest absolute Gasteiger partial charge is 0.423 e. The highest BCUT2D eigenvalue weighted by atomic mass is 16.4. The number of aromatic amines is 1. The molecule has 0 atom stereocenters. The summed E-state index contributed by atoms with van der Waals surface area (Å²) in [6, 6.07) is 10.1. The lowest BCUT2D eigenvalue weighted by Crippen LogP contribution is -1.89. The van der Waals surface area contributed by atoms with Crippen LogP contribution in [0.1, 0.15) is 0 Å². The van der Waals surface area contributed by atoms with Crippen LogP contribution < -0.4 is 5.32 Å². The molecule has 0 bridgehead atoms. The van der Waals surface area contributed by atoms with Crippen molar-refractivity contribution in [1.82, 2.24) is 20.2 Å². The zero-order valence-electron chi connectivity index (χ0n) is 10.9. The number of benzene rings is 1. The Bertz CT molecular complexity index is 881. The van der Waals surface area contributed by atoms with Crippen LogP contribution in [0.4, 0.5) is 11.7 Å². The summed E-state index contributed by atoms with van der Waals surface area (Å²) in [5, 5.41) is 11.1. The molecule has 21 heavy (non-hydrogen) atoms. The van der Waals surface area contributed by atoms with Gasteiger partial charge in [0.15, 0.2) is 5.76 Å². The van der Waals surface area contributed by atoms with Crippen molar-refractivity contribution in [1.29, 1.82) is 0 Å². The van der Waals surface area contributed by atoms with Gasteiger partial charge in [0.1, 0.15) is 0 Å². The summed E-state index contributed by atoms with van der Waals surface area (Å²) in [5.74, 6) is 0.674. The lowest BCUT2D eigenvalue weighted by molar-refractivity contribution is 0.592. The fourth-order valence-electron chi connectivity index (χ4n) is 2.11. The quantitative estimate of drug-likeness (QED) is 0.600. The van der Waals surface area contributed by atoms with Crippen molar-refractivity contribution in [2.24, 2.45) is 0 Å². The molecule has 102 valence electrons. The van der Waals surface area contributed by atoms with E-state index < -0.39 is 0 Å². The summed E-state index contributed by atoms with van der Waals surface area (Å²) < 4.78 is 5.68. The minimum atomic E-state index is 0.438. The van der Waals surface area contributed by atoms with Crippen LogP contribution in [-0.4, -0.2) is 20.2 Å². The fraction of sp³-hybridized carbons (Fsp3) is 0. The van der Waals surface area contributed by atoms with Gasteiger partial charge in [-0.15, -0.1) is 0 Å². The number of aromatic nitrogens is 4. The van der Waals surface area contributed by atoms with E-state index in [9.17, 15) is 0 Å². The Labute approximate surface area is 119 Å². The van der Waals surface area contributed by atoms with Crippen LogP contribution in [0.5, 0.6) is 0 Å². The van der Waals surface area contributed by atoms with Crippen molar-refractivity contribution in [3.05, 3.63) is 55.1 Å². The Balaban J connectivity index is 1.61. The highest BCUT2D eigenvalue weighted by Gasteiger charge is 2.07. The summed E-state index contributed by atoms with van der Waals surface area (Å²) in [6.07, 6.45) is 6.92. The number of H-pyrrole nitrogens is 1. The lowest BCUT2D eigenvalue weighted by atomic mass is 10.2. The number of oxazole rings is 1. The van der Waals surface area contributed by atoms with Crippen molar-refractivity contribution in [2.45, 2.75) is 0 Å². The van der Waals surface area contributed by atoms with E-state index in [4.69, 9.17) is 4.42 Å². The van der Waals surface area contributed by atoms with E-state index in [0.717, 1.165) is 22.2 Å². The first kappa shape index (κ1) is 11.7. The third-order valence-electron chi connectivity index (χ3n) is 3.14. The van der Waals surface area contributed by atoms with Crippen molar-refractivity contribution >= 4 is 22.6 Å². The first-order valence-corrected chi connectivity index (χ1v) is 6.45. The highest BCUT2D eigenvalue weighted by Crippen LogP contribution is 2.24. The van der Waals surface area contributed by atoms with Crippen LogP contribution in [0.25, 0.3) is 22.2 Å². The van der Waals surface area contributed by atoms with Crippen molar-refractivity contribution < 1.29 is 4.42 Å². The number of nitrogens with one attached hydrogen (secondary N) is 2. The van der Waals surface area contributed by atoms with Gasteiger partial charge in [-0.1, -0.05) is 0 Å². The molecular formula is C15H11N5O. The maximum atomic E-state index is 5.68. The van der Waals surface area contributed by atoms with Gasteiger partial charge in [0.25, 0.3) is 6.01 Å². The Kier molecular flexibility index (Phi) is 2.64. The van der Waals surface area contributed by atoms with Crippen molar-refractivity contribution in [2.75, 3.05) is 5.32 Å². The number of nitrogens with zero attached hydrogens (tertiary/aromatic N) is 3. The van der Waals surface area contributed by atoms with Crippen LogP contribution in [0, 0.1) is 0 Å². The molecule has 6 heteroatoms. The standard InChI is InChI=1S/C15H11N5O/c1-2-11(7-16-5-1)14-9-17-15(21-14)19-12-4-3-10-8-18-20-13(10)6-12/h1-9H,(H,17,19)(H,18,20). The molecule has 3 heterocycles. The zero-order chi connectivity index (χ0) is 14.1. The van der Waals surface area contributed by atoms with E-state index >= 15 is 0 Å². The second-order valence-corrected chi connectivity index (χ2v) is 4.57. The topological polar surface area (TPSA) is 79.6 Å². The first-order chi connectivity index (χ1) is 10.4. The predicted molar refractivity (Wildman–Crippen MR) is 79.1 cm³/mol. The van der Waals surface area contributed by atoms with Crippen LogP contribution in [0.3, 0.4) is 0 Å². The summed E-state index contributed by atoms with van der Waals surface area (Å²) in [4.78, 5) is 8.29. The number of rotatable bonds is 3. The molecule has 0 fully saturated rings. The molecule has 1 aromatic carbocycles. The van der Waals surface area contributed by atoms with Gasteiger partial charge >= 0.3 is 0 Å². The number of fused-ring (bicyclic) bond motifs is 1. The zero-order valence-corrected chi connectivity index (χ0v) is 10.9. The van der Waals surface area contributed by atoms with Crippen LogP contribution in [-0.2, 0) is 0 Å². The minimum absolute atomic E-state index is 0.438. The van der Waals surface area contributed by atoms with Gasteiger partial charge in [0.2, 0.25) is 0 Å². The molecule has 0 aliphatic rings. The van der Waals surface area contributed by atoms with E-state index in [0.29, 0.717) is 11.8 Å². The number of hydrogen-bond donors (Lipinski definition) is 2. The van der Waals surface area contributed by atoms with Gasteiger partial charge in [0.05, 0.1) is 17.9 Å². The second kappa shape index (κ2) is 4.75. The van der Waals surface area contributed by atoms with E-state index in [1.807, 2.05) is 30.3 Å². The molecule has 4 aromatic rings. The van der Waals surface area contributed by atoms with E-state index in [2.05, 4.69) is 25.5 Å². The number of anilines is 2. The van der Waals surface area contributed by atoms with Crippen LogP contribution >= 0.6 is 0 Å². The first-order valence-electron chi connectivity index (χ1n) is 6.45. The Hall–Kier alpha value is -3.15. The number of pyridine rings is 1. The third kappa shape index (κ3) is 2.23. The SMILES string of the molecule is c1cncc(-c2cnc(Nc3ccc4cn[nH]c4c3)o2)c1. The average Bonchev–Trinajstić information content (AvgIpc) is 3.17. The third-order valence-corrected chi connectivity index (χ3v) is 3.14. The maximum absolute atomic E-state index is 5.68. The van der Waals surface area contributed by atoms with Crippen LogP contribution in [0.15, 0.2) is 59.5 Å². The van der Waals surface area contributed by atoms with Crippen LogP contribution in [0.2, 0.25) is 0 Å². The lowest BCUT2D eigenvalue weighted by Gasteiger charge is -2.01. The molecule has 3 aromatic heterocycles. The molecule has 0 aliphatic carbocycles. The number of hydrogen-bond acceptors (Lipinski definition) is 5. The van der Waals surface area contributed by atoms with Gasteiger partial charge in [0, 0.05) is 29.0 Å². The van der Waals surface area contributed by atoms with Gasteiger partial charge in [-0.3, -0.25) is 10.1 Å². The Morgan fingerprint density at radius 1 is 1.10 bits per heavy atom. The van der Waals surface area contributed by atoms with Gasteiger partial charge in [-0.25, -0.2) is 4.98 Å². The monoisotopic (exact) mass is 277 g/mol. The molecule has 6 nitrogen and oxygen atoms in total. The van der Waals surface area contributed by atoms with E-state index in [1.54, 1.807) is 24.8 Å². The summed E-state index contributed by atoms with van der Waals surface area (Å²) in [5.41, 5.74) is 2.73. The summed E-state index contributed by atoms with van der Waals surface area (Å²) >= 11 is 0. The fourth-order valence-corrected chi connectivity index (χ4v) is 2.11. The maximum Gasteiger partial charge on any atom is 0.299 e. The molecule has 0 radical (unpaired) electrons. The molecular weight excluding hydrogens is 266 g/mol. The molecule has 4 rings (SSSR count). The molecule has 0 saturated heterocycles. The molecule has 0 unspecified atom stereocenters. The smallest absolute Gasteiger partial charge is 0.299 e. The predicted octanol–water partition coefficient (Wildman–Crippen LogP) is 3.36. The Morgan fingerprint density at radius 2 is 2.10 bits per heavy atom. The molecule has 0 saturated carbocycles. The molecule has 0 aliphatic heterocycles. The van der Waals surface area contributed by atoms with E-state index in [-0.39, 0.29) is 0 Å². The Morgan fingerprint density at radius 3 is 3.00 bits per heavy atom. The second-order valence-electron chi connectivity index (χ2n) is 4.57. The normalized spacial score (nSPS) is 10.9.